The van der Waals surface area contributed by atoms with Crippen molar-refractivity contribution in [2.24, 2.45) is 0 Å². The number of carbonyl (C=O) groups is 1. The van der Waals surface area contributed by atoms with Crippen LogP contribution in [0.4, 0.5) is 10.5 Å². The fraction of sp³-hybridized carbons (Fsp3) is 0.167. The van der Waals surface area contributed by atoms with Crippen LogP contribution < -0.4 is 10.6 Å². The zero-order valence-corrected chi connectivity index (χ0v) is 13.6. The molecule has 0 fully saturated rings. The number of benzene rings is 2. The molecule has 0 saturated carbocycles. The normalized spacial score (nSPS) is 11.8. The van der Waals surface area contributed by atoms with E-state index in [-0.39, 0.29) is 6.61 Å². The predicted molar refractivity (Wildman–Crippen MR) is 92.9 cm³/mol. The lowest BCUT2D eigenvalue weighted by Gasteiger charge is -2.18. The first kappa shape index (κ1) is 16.7. The van der Waals surface area contributed by atoms with Crippen LogP contribution in [0.2, 0.25) is 0 Å². The van der Waals surface area contributed by atoms with E-state index in [2.05, 4.69) is 20.8 Å². The van der Waals surface area contributed by atoms with E-state index in [1.54, 1.807) is 6.07 Å². The summed E-state index contributed by atoms with van der Waals surface area (Å²) in [5.41, 5.74) is 3.05. The number of urea groups is 1. The summed E-state index contributed by atoms with van der Waals surface area (Å²) in [5.74, 6) is 0.376. The van der Waals surface area contributed by atoms with Gasteiger partial charge in [0, 0.05) is 11.3 Å². The van der Waals surface area contributed by atoms with Crippen LogP contribution in [0.25, 0.3) is 11.5 Å². The first-order valence-electron chi connectivity index (χ1n) is 7.78. The SMILES string of the molecule is Cc1ccc(-c2nnco2)cc1NC(=O)N[C@H](CO)c1ccccc1. The fourth-order valence-corrected chi connectivity index (χ4v) is 2.42. The summed E-state index contributed by atoms with van der Waals surface area (Å²) >= 11 is 0. The topological polar surface area (TPSA) is 100 Å². The molecule has 0 aliphatic rings. The van der Waals surface area contributed by atoms with Crippen molar-refractivity contribution in [1.82, 2.24) is 15.5 Å². The zero-order chi connectivity index (χ0) is 17.6. The minimum absolute atomic E-state index is 0.196. The van der Waals surface area contributed by atoms with Crippen LogP contribution in [0.15, 0.2) is 59.3 Å². The second-order valence-electron chi connectivity index (χ2n) is 5.52. The largest absolute Gasteiger partial charge is 0.423 e. The van der Waals surface area contributed by atoms with Crippen LogP contribution in [0.5, 0.6) is 0 Å². The van der Waals surface area contributed by atoms with E-state index < -0.39 is 12.1 Å². The molecule has 3 aromatic rings. The molecule has 3 rings (SSSR count). The van der Waals surface area contributed by atoms with Crippen LogP contribution in [-0.2, 0) is 0 Å². The highest BCUT2D eigenvalue weighted by Gasteiger charge is 2.14. The Labute approximate surface area is 144 Å². The molecular weight excluding hydrogens is 320 g/mol. The van der Waals surface area contributed by atoms with E-state index in [0.29, 0.717) is 17.1 Å². The number of rotatable bonds is 5. The number of aromatic nitrogens is 2. The van der Waals surface area contributed by atoms with Crippen LogP contribution >= 0.6 is 0 Å². The van der Waals surface area contributed by atoms with Gasteiger partial charge in [-0.3, -0.25) is 0 Å². The van der Waals surface area contributed by atoms with E-state index >= 15 is 0 Å². The highest BCUT2D eigenvalue weighted by molar-refractivity contribution is 5.91. The Morgan fingerprint density at radius 3 is 2.72 bits per heavy atom. The van der Waals surface area contributed by atoms with Crippen molar-refractivity contribution >= 4 is 11.7 Å². The molecule has 7 heteroatoms. The second-order valence-corrected chi connectivity index (χ2v) is 5.52. The highest BCUT2D eigenvalue weighted by Crippen LogP contribution is 2.24. The van der Waals surface area contributed by atoms with Gasteiger partial charge in [0.15, 0.2) is 0 Å². The molecule has 0 spiro atoms. The number of nitrogens with one attached hydrogen (secondary N) is 2. The van der Waals surface area contributed by atoms with Gasteiger partial charge in [-0.25, -0.2) is 4.79 Å². The number of hydrogen-bond donors (Lipinski definition) is 3. The molecule has 1 aromatic heterocycles. The van der Waals surface area contributed by atoms with Crippen LogP contribution in [0.1, 0.15) is 17.2 Å². The number of carbonyl (C=O) groups excluding carboxylic acids is 1. The van der Waals surface area contributed by atoms with Crippen molar-refractivity contribution in [1.29, 1.82) is 0 Å². The first-order valence-corrected chi connectivity index (χ1v) is 7.78. The maximum Gasteiger partial charge on any atom is 0.319 e. The van der Waals surface area contributed by atoms with Gasteiger partial charge in [-0.15, -0.1) is 10.2 Å². The summed E-state index contributed by atoms with van der Waals surface area (Å²) in [6.07, 6.45) is 1.25. The Bertz CT molecular complexity index is 835. The van der Waals surface area contributed by atoms with Gasteiger partial charge < -0.3 is 20.2 Å². The monoisotopic (exact) mass is 338 g/mol. The molecule has 2 aromatic carbocycles. The molecule has 0 bridgehead atoms. The molecular formula is C18H18N4O3. The molecule has 0 saturated heterocycles. The standard InChI is InChI=1S/C18H18N4O3/c1-12-7-8-14(17-22-19-11-25-17)9-15(12)20-18(24)21-16(10-23)13-5-3-2-4-6-13/h2-9,11,16,23H,10H2,1H3,(H2,20,21,24)/t16-/m1/s1. The molecule has 25 heavy (non-hydrogen) atoms. The average Bonchev–Trinajstić information content (AvgIpc) is 3.17. The van der Waals surface area contributed by atoms with Gasteiger partial charge in [-0.1, -0.05) is 36.4 Å². The van der Waals surface area contributed by atoms with E-state index in [1.807, 2.05) is 49.4 Å². The molecule has 3 N–H and O–H groups in total. The predicted octanol–water partition coefficient (Wildman–Crippen LogP) is 2.90. The van der Waals surface area contributed by atoms with Gasteiger partial charge in [0.1, 0.15) is 0 Å². The summed E-state index contributed by atoms with van der Waals surface area (Å²) in [6, 6.07) is 13.9. The summed E-state index contributed by atoms with van der Waals surface area (Å²) < 4.78 is 5.18. The Morgan fingerprint density at radius 2 is 2.04 bits per heavy atom. The lowest BCUT2D eigenvalue weighted by molar-refractivity contribution is 0.225. The highest BCUT2D eigenvalue weighted by atomic mass is 16.4. The van der Waals surface area contributed by atoms with E-state index in [9.17, 15) is 9.90 Å². The lowest BCUT2D eigenvalue weighted by Crippen LogP contribution is -2.34. The van der Waals surface area contributed by atoms with Gasteiger partial charge in [0.2, 0.25) is 12.3 Å². The molecule has 0 aliphatic carbocycles. The van der Waals surface area contributed by atoms with E-state index in [4.69, 9.17) is 4.42 Å². The van der Waals surface area contributed by atoms with Gasteiger partial charge in [0.05, 0.1) is 12.6 Å². The third-order valence-corrected chi connectivity index (χ3v) is 3.78. The number of nitrogens with zero attached hydrogens (tertiary/aromatic N) is 2. The summed E-state index contributed by atoms with van der Waals surface area (Å²) in [7, 11) is 0. The van der Waals surface area contributed by atoms with Crippen molar-refractivity contribution in [3.63, 3.8) is 0 Å². The molecule has 0 unspecified atom stereocenters. The molecule has 7 nitrogen and oxygen atoms in total. The van der Waals surface area contributed by atoms with Crippen LogP contribution in [0, 0.1) is 6.92 Å². The molecule has 128 valence electrons. The quantitative estimate of drug-likeness (QED) is 0.664. The fourth-order valence-electron chi connectivity index (χ4n) is 2.42. The Hall–Kier alpha value is -3.19. The maximum absolute atomic E-state index is 12.3. The Kier molecular flexibility index (Phi) is 5.06. The first-order chi connectivity index (χ1) is 12.2. The maximum atomic E-state index is 12.3. The summed E-state index contributed by atoms with van der Waals surface area (Å²) in [5, 5.41) is 22.6. The second kappa shape index (κ2) is 7.59. The number of aliphatic hydroxyl groups excluding tert-OH is 1. The van der Waals surface area contributed by atoms with E-state index in [0.717, 1.165) is 11.1 Å². The molecule has 0 aliphatic heterocycles. The van der Waals surface area contributed by atoms with E-state index in [1.165, 1.54) is 6.39 Å². The number of amides is 2. The number of aryl methyl sites for hydroxylation is 1. The van der Waals surface area contributed by atoms with Gasteiger partial charge >= 0.3 is 6.03 Å². The minimum atomic E-state index is -0.486. The zero-order valence-electron chi connectivity index (χ0n) is 13.6. The summed E-state index contributed by atoms with van der Waals surface area (Å²) in [4.78, 5) is 12.3. The van der Waals surface area contributed by atoms with Gasteiger partial charge in [0.25, 0.3) is 0 Å². The Balaban J connectivity index is 1.73. The molecule has 0 radical (unpaired) electrons. The van der Waals surface area contributed by atoms with Crippen molar-refractivity contribution in [3.05, 3.63) is 66.1 Å². The average molecular weight is 338 g/mol. The molecule has 1 atom stereocenters. The lowest BCUT2D eigenvalue weighted by atomic mass is 10.1. The molecule has 2 amide bonds. The van der Waals surface area contributed by atoms with Crippen LogP contribution in [-0.4, -0.2) is 27.9 Å². The third kappa shape index (κ3) is 4.02. The number of aliphatic hydroxyl groups is 1. The Morgan fingerprint density at radius 1 is 1.24 bits per heavy atom. The van der Waals surface area contributed by atoms with Crippen molar-refractivity contribution in [2.45, 2.75) is 13.0 Å². The van der Waals surface area contributed by atoms with Crippen molar-refractivity contribution < 1.29 is 14.3 Å². The van der Waals surface area contributed by atoms with Crippen LogP contribution in [0.3, 0.4) is 0 Å². The number of hydrogen-bond acceptors (Lipinski definition) is 5. The van der Waals surface area contributed by atoms with Crippen molar-refractivity contribution in [2.75, 3.05) is 11.9 Å². The summed E-state index contributed by atoms with van der Waals surface area (Å²) in [6.45, 7) is 1.69. The van der Waals surface area contributed by atoms with Crippen molar-refractivity contribution in [3.8, 4) is 11.5 Å². The number of anilines is 1. The third-order valence-electron chi connectivity index (χ3n) is 3.78. The van der Waals surface area contributed by atoms with Gasteiger partial charge in [-0.05, 0) is 30.2 Å². The smallest absolute Gasteiger partial charge is 0.319 e. The minimum Gasteiger partial charge on any atom is -0.423 e. The molecule has 1 heterocycles. The van der Waals surface area contributed by atoms with Gasteiger partial charge in [-0.2, -0.15) is 0 Å².